The Morgan fingerprint density at radius 2 is 1.91 bits per heavy atom. The van der Waals surface area contributed by atoms with Gasteiger partial charge in [0, 0.05) is 50.9 Å². The Morgan fingerprint density at radius 1 is 1.22 bits per heavy atom. The maximum absolute atomic E-state index is 11.9. The molecule has 1 aliphatic rings. The molecule has 1 fully saturated rings. The van der Waals surface area contributed by atoms with E-state index in [2.05, 4.69) is 61.0 Å². The summed E-state index contributed by atoms with van der Waals surface area (Å²) in [4.78, 5) is 16.7. The Hall–Kier alpha value is -1.55. The lowest BCUT2D eigenvalue weighted by Gasteiger charge is -2.37. The first-order chi connectivity index (χ1) is 11.0. The van der Waals surface area contributed by atoms with Gasteiger partial charge in [-0.2, -0.15) is 0 Å². The van der Waals surface area contributed by atoms with Crippen LogP contribution in [0.25, 0.3) is 0 Å². The molecule has 0 aromatic heterocycles. The molecular formula is C19H31N3O. The molecule has 4 nitrogen and oxygen atoms in total. The molecule has 0 radical (unpaired) electrons. The van der Waals surface area contributed by atoms with E-state index in [-0.39, 0.29) is 11.9 Å². The van der Waals surface area contributed by atoms with Crippen LogP contribution in [-0.4, -0.2) is 49.6 Å². The number of hydrogen-bond acceptors (Lipinski definition) is 3. The second-order valence-electron chi connectivity index (χ2n) is 6.67. The fraction of sp³-hybridized carbons (Fsp3) is 0.632. The van der Waals surface area contributed by atoms with Gasteiger partial charge in [-0.25, -0.2) is 0 Å². The maximum Gasteiger partial charge on any atom is 0.221 e. The van der Waals surface area contributed by atoms with Crippen molar-refractivity contribution in [1.29, 1.82) is 0 Å². The highest BCUT2D eigenvalue weighted by molar-refractivity contribution is 5.76. The molecule has 4 heteroatoms. The van der Waals surface area contributed by atoms with E-state index in [4.69, 9.17) is 0 Å². The molecule has 0 spiro atoms. The molecule has 1 aromatic rings. The highest BCUT2D eigenvalue weighted by Gasteiger charge is 2.19. The molecule has 1 saturated heterocycles. The lowest BCUT2D eigenvalue weighted by molar-refractivity contribution is -0.122. The third-order valence-electron chi connectivity index (χ3n) is 4.96. The van der Waals surface area contributed by atoms with E-state index in [1.54, 1.807) is 0 Å². The van der Waals surface area contributed by atoms with E-state index >= 15 is 0 Å². The first-order valence-corrected chi connectivity index (χ1v) is 8.84. The molecule has 1 N–H and O–H groups in total. The molecule has 1 heterocycles. The number of nitrogens with zero attached hydrogens (tertiary/aromatic N) is 2. The van der Waals surface area contributed by atoms with Gasteiger partial charge in [0.1, 0.15) is 0 Å². The SMILES string of the molecule is CCC(C)NC(=O)CCN1CCN(c2cccc(C)c2C)CC1. The molecule has 0 bridgehead atoms. The van der Waals surface area contributed by atoms with Crippen molar-refractivity contribution in [3.05, 3.63) is 29.3 Å². The van der Waals surface area contributed by atoms with Gasteiger partial charge in [-0.05, 0) is 44.4 Å². The zero-order valence-electron chi connectivity index (χ0n) is 15.1. The van der Waals surface area contributed by atoms with E-state index in [1.165, 1.54) is 16.8 Å². The van der Waals surface area contributed by atoms with Crippen LogP contribution >= 0.6 is 0 Å². The van der Waals surface area contributed by atoms with Gasteiger partial charge in [-0.15, -0.1) is 0 Å². The molecule has 0 aliphatic carbocycles. The normalized spacial score (nSPS) is 17.1. The Bertz CT molecular complexity index is 521. The average molecular weight is 317 g/mol. The summed E-state index contributed by atoms with van der Waals surface area (Å²) in [5.41, 5.74) is 4.10. The van der Waals surface area contributed by atoms with Crippen LogP contribution in [0.15, 0.2) is 18.2 Å². The predicted molar refractivity (Wildman–Crippen MR) is 97.1 cm³/mol. The van der Waals surface area contributed by atoms with Crippen LogP contribution in [0.5, 0.6) is 0 Å². The van der Waals surface area contributed by atoms with Gasteiger partial charge < -0.3 is 10.2 Å². The lowest BCUT2D eigenvalue weighted by atomic mass is 10.1. The summed E-state index contributed by atoms with van der Waals surface area (Å²) in [5, 5.41) is 3.04. The summed E-state index contributed by atoms with van der Waals surface area (Å²) >= 11 is 0. The van der Waals surface area contributed by atoms with Gasteiger partial charge in [-0.1, -0.05) is 19.1 Å². The minimum Gasteiger partial charge on any atom is -0.369 e. The first-order valence-electron chi connectivity index (χ1n) is 8.84. The molecule has 23 heavy (non-hydrogen) atoms. The van der Waals surface area contributed by atoms with Crippen LogP contribution in [0.1, 0.15) is 37.8 Å². The van der Waals surface area contributed by atoms with Crippen LogP contribution in [-0.2, 0) is 4.79 Å². The summed E-state index contributed by atoms with van der Waals surface area (Å²) in [6.45, 7) is 13.5. The molecule has 0 saturated carbocycles. The third kappa shape index (κ3) is 4.96. The minimum atomic E-state index is 0.177. The molecule has 1 atom stereocenters. The van der Waals surface area contributed by atoms with Crippen molar-refractivity contribution in [2.24, 2.45) is 0 Å². The highest BCUT2D eigenvalue weighted by Crippen LogP contribution is 2.23. The number of carbonyl (C=O) groups excluding carboxylic acids is 1. The van der Waals surface area contributed by atoms with Crippen LogP contribution in [0, 0.1) is 13.8 Å². The topological polar surface area (TPSA) is 35.6 Å². The van der Waals surface area contributed by atoms with Crippen molar-refractivity contribution in [1.82, 2.24) is 10.2 Å². The molecular weight excluding hydrogens is 286 g/mol. The fourth-order valence-corrected chi connectivity index (χ4v) is 3.00. The van der Waals surface area contributed by atoms with E-state index < -0.39 is 0 Å². The second-order valence-corrected chi connectivity index (χ2v) is 6.67. The van der Waals surface area contributed by atoms with Crippen molar-refractivity contribution in [2.45, 2.75) is 46.6 Å². The largest absolute Gasteiger partial charge is 0.369 e. The van der Waals surface area contributed by atoms with Gasteiger partial charge in [0.25, 0.3) is 0 Å². The smallest absolute Gasteiger partial charge is 0.221 e. The third-order valence-corrected chi connectivity index (χ3v) is 4.96. The Kier molecular flexibility index (Phi) is 6.46. The Morgan fingerprint density at radius 3 is 2.57 bits per heavy atom. The number of amides is 1. The predicted octanol–water partition coefficient (Wildman–Crippen LogP) is 2.73. The second kappa shape index (κ2) is 8.34. The Labute approximate surface area is 140 Å². The van der Waals surface area contributed by atoms with Gasteiger partial charge in [0.2, 0.25) is 5.91 Å². The van der Waals surface area contributed by atoms with Gasteiger partial charge in [-0.3, -0.25) is 9.69 Å². The van der Waals surface area contributed by atoms with E-state index in [1.807, 2.05) is 0 Å². The molecule has 1 aliphatic heterocycles. The van der Waals surface area contributed by atoms with Crippen molar-refractivity contribution >= 4 is 11.6 Å². The first kappa shape index (κ1) is 17.8. The number of carbonyl (C=O) groups is 1. The summed E-state index contributed by atoms with van der Waals surface area (Å²) in [5.74, 6) is 0.177. The standard InChI is InChI=1S/C19H31N3O/c1-5-16(3)20-19(23)9-10-21-11-13-22(14-12-21)18-8-6-7-15(2)17(18)4/h6-8,16H,5,9-14H2,1-4H3,(H,20,23). The summed E-state index contributed by atoms with van der Waals surface area (Å²) in [7, 11) is 0. The molecule has 1 amide bonds. The highest BCUT2D eigenvalue weighted by atomic mass is 16.1. The van der Waals surface area contributed by atoms with Crippen molar-refractivity contribution in [3.63, 3.8) is 0 Å². The van der Waals surface area contributed by atoms with Crippen molar-refractivity contribution in [3.8, 4) is 0 Å². The van der Waals surface area contributed by atoms with Crippen LogP contribution < -0.4 is 10.2 Å². The number of benzene rings is 1. The van der Waals surface area contributed by atoms with Crippen molar-refractivity contribution < 1.29 is 4.79 Å². The van der Waals surface area contributed by atoms with Crippen molar-refractivity contribution in [2.75, 3.05) is 37.6 Å². The number of aryl methyl sites for hydroxylation is 1. The van der Waals surface area contributed by atoms with E-state index in [0.29, 0.717) is 6.42 Å². The maximum atomic E-state index is 11.9. The monoisotopic (exact) mass is 317 g/mol. The van der Waals surface area contributed by atoms with Gasteiger partial charge in [0.05, 0.1) is 0 Å². The summed E-state index contributed by atoms with van der Waals surface area (Å²) < 4.78 is 0. The van der Waals surface area contributed by atoms with Gasteiger partial charge >= 0.3 is 0 Å². The van der Waals surface area contributed by atoms with Gasteiger partial charge in [0.15, 0.2) is 0 Å². The number of anilines is 1. The average Bonchev–Trinajstić information content (AvgIpc) is 2.56. The fourth-order valence-electron chi connectivity index (χ4n) is 3.00. The zero-order chi connectivity index (χ0) is 16.8. The molecule has 128 valence electrons. The van der Waals surface area contributed by atoms with Crippen LogP contribution in [0.3, 0.4) is 0 Å². The minimum absolute atomic E-state index is 0.177. The quantitative estimate of drug-likeness (QED) is 0.876. The summed E-state index contributed by atoms with van der Waals surface area (Å²) in [6, 6.07) is 6.81. The number of hydrogen-bond donors (Lipinski definition) is 1. The number of rotatable bonds is 6. The summed E-state index contributed by atoms with van der Waals surface area (Å²) in [6.07, 6.45) is 1.59. The Balaban J connectivity index is 1.78. The molecule has 2 rings (SSSR count). The number of nitrogens with one attached hydrogen (secondary N) is 1. The zero-order valence-corrected chi connectivity index (χ0v) is 15.1. The molecule has 1 aromatic carbocycles. The number of piperazine rings is 1. The van der Waals surface area contributed by atoms with Crippen LogP contribution in [0.2, 0.25) is 0 Å². The molecule has 1 unspecified atom stereocenters. The lowest BCUT2D eigenvalue weighted by Crippen LogP contribution is -2.47. The van der Waals surface area contributed by atoms with E-state index in [9.17, 15) is 4.79 Å². The van der Waals surface area contributed by atoms with E-state index in [0.717, 1.165) is 39.1 Å². The van der Waals surface area contributed by atoms with Crippen LogP contribution in [0.4, 0.5) is 5.69 Å².